The van der Waals surface area contributed by atoms with E-state index >= 15 is 4.39 Å². The Kier molecular flexibility index (Phi) is 6.02. The van der Waals surface area contributed by atoms with E-state index in [9.17, 15) is 14.4 Å². The largest absolute Gasteiger partial charge is 0.372 e. The number of morpholine rings is 1. The molecule has 2 N–H and O–H groups in total. The average Bonchev–Trinajstić information content (AvgIpc) is 3.54. The van der Waals surface area contributed by atoms with E-state index in [0.29, 0.717) is 35.3 Å². The van der Waals surface area contributed by atoms with Crippen LogP contribution in [0.2, 0.25) is 0 Å². The van der Waals surface area contributed by atoms with Gasteiger partial charge in [0.1, 0.15) is 12.2 Å². The zero-order chi connectivity index (χ0) is 27.3. The topological polar surface area (TPSA) is 157 Å². The van der Waals surface area contributed by atoms with Crippen LogP contribution in [-0.2, 0) is 20.7 Å². The van der Waals surface area contributed by atoms with Crippen molar-refractivity contribution in [2.24, 2.45) is 5.92 Å². The first kappa shape index (κ1) is 24.6. The second-order valence-corrected chi connectivity index (χ2v) is 9.58. The zero-order valence-electron chi connectivity index (χ0n) is 20.9. The summed E-state index contributed by atoms with van der Waals surface area (Å²) in [4.78, 5) is 46.6. The monoisotopic (exact) mass is 534 g/mol. The third kappa shape index (κ3) is 4.48. The van der Waals surface area contributed by atoms with Crippen LogP contribution in [0.3, 0.4) is 0 Å². The molecule has 4 amide bonds. The van der Waals surface area contributed by atoms with Crippen LogP contribution in [0.15, 0.2) is 41.6 Å². The Balaban J connectivity index is 1.47. The SMILES string of the molecule is C[C@@H]1CN(c2c(CC3C(=O)NC(=O)NC3=O)cc3c(-n4cc(-c5ccncn5)cn4)noc3c2F)C[C@H](C)O1. The van der Waals surface area contributed by atoms with Gasteiger partial charge in [-0.05, 0) is 38.0 Å². The summed E-state index contributed by atoms with van der Waals surface area (Å²) in [7, 11) is 0. The second kappa shape index (κ2) is 9.54. The number of rotatable bonds is 5. The Morgan fingerprint density at radius 2 is 1.87 bits per heavy atom. The van der Waals surface area contributed by atoms with Crippen molar-refractivity contribution < 1.29 is 28.0 Å². The van der Waals surface area contributed by atoms with Crippen molar-refractivity contribution in [2.75, 3.05) is 18.0 Å². The standard InChI is InChI=1S/C25H23FN8O5/c1-12-8-33(9-13(2)38-12)20-14(6-17-23(35)30-25(37)31-24(17)36)5-16-21(19(20)26)39-32-22(16)34-10-15(7-29-34)18-3-4-27-11-28-18/h3-5,7,10-13,17H,6,8-9H2,1-2H3,(H2,30,31,35,36,37)/t12-,13+. The zero-order valence-corrected chi connectivity index (χ0v) is 20.9. The van der Waals surface area contributed by atoms with Crippen LogP contribution in [0.4, 0.5) is 14.9 Å². The lowest BCUT2D eigenvalue weighted by Crippen LogP contribution is -2.56. The lowest BCUT2D eigenvalue weighted by atomic mass is 9.93. The van der Waals surface area contributed by atoms with Gasteiger partial charge in [-0.25, -0.2) is 23.8 Å². The van der Waals surface area contributed by atoms with Gasteiger partial charge in [0.25, 0.3) is 0 Å². The number of hydrogen-bond acceptors (Lipinski definition) is 10. The number of benzene rings is 1. The van der Waals surface area contributed by atoms with E-state index in [0.717, 1.165) is 0 Å². The van der Waals surface area contributed by atoms with Crippen molar-refractivity contribution in [1.82, 2.24) is 35.5 Å². The molecule has 0 aliphatic carbocycles. The summed E-state index contributed by atoms with van der Waals surface area (Å²) in [5, 5.41) is 12.9. The van der Waals surface area contributed by atoms with Gasteiger partial charge in [-0.15, -0.1) is 0 Å². The number of fused-ring (bicyclic) bond motifs is 1. The number of barbiturate groups is 1. The van der Waals surface area contributed by atoms with Crippen LogP contribution in [0.25, 0.3) is 28.0 Å². The molecular formula is C25H23FN8O5. The van der Waals surface area contributed by atoms with E-state index in [4.69, 9.17) is 9.26 Å². The molecule has 2 aliphatic heterocycles. The number of nitrogens with one attached hydrogen (secondary N) is 2. The number of aromatic nitrogens is 5. The van der Waals surface area contributed by atoms with Crippen LogP contribution >= 0.6 is 0 Å². The lowest BCUT2D eigenvalue weighted by molar-refractivity contribution is -0.135. The predicted octanol–water partition coefficient (Wildman–Crippen LogP) is 1.75. The average molecular weight is 535 g/mol. The maximum absolute atomic E-state index is 16.3. The molecule has 2 saturated heterocycles. The molecule has 0 spiro atoms. The van der Waals surface area contributed by atoms with Crippen LogP contribution < -0.4 is 15.5 Å². The number of hydrogen-bond donors (Lipinski definition) is 2. The fraction of sp³-hybridized carbons (Fsp3) is 0.320. The Bertz CT molecular complexity index is 1570. The van der Waals surface area contributed by atoms with Gasteiger partial charge in [0.15, 0.2) is 5.82 Å². The number of carbonyl (C=O) groups is 3. The molecule has 5 heterocycles. The van der Waals surface area contributed by atoms with Crippen molar-refractivity contribution in [1.29, 1.82) is 0 Å². The molecule has 2 fully saturated rings. The highest BCUT2D eigenvalue weighted by Crippen LogP contribution is 2.37. The van der Waals surface area contributed by atoms with Gasteiger partial charge in [-0.3, -0.25) is 20.2 Å². The molecule has 0 saturated carbocycles. The van der Waals surface area contributed by atoms with Crippen LogP contribution in [-0.4, -0.2) is 68.0 Å². The highest BCUT2D eigenvalue weighted by Gasteiger charge is 2.37. The molecule has 4 aromatic rings. The van der Waals surface area contributed by atoms with Gasteiger partial charge < -0.3 is 14.2 Å². The minimum absolute atomic E-state index is 0.0950. The first-order valence-corrected chi connectivity index (χ1v) is 12.3. The minimum atomic E-state index is -1.24. The minimum Gasteiger partial charge on any atom is -0.372 e. The summed E-state index contributed by atoms with van der Waals surface area (Å²) >= 11 is 0. The third-order valence-corrected chi connectivity index (χ3v) is 6.68. The summed E-state index contributed by atoms with van der Waals surface area (Å²) in [5.41, 5.74) is 1.78. The van der Waals surface area contributed by atoms with E-state index in [1.165, 1.54) is 11.0 Å². The lowest BCUT2D eigenvalue weighted by Gasteiger charge is -2.38. The number of nitrogens with zero attached hydrogens (tertiary/aromatic N) is 6. The molecule has 39 heavy (non-hydrogen) atoms. The summed E-state index contributed by atoms with van der Waals surface area (Å²) in [6.45, 7) is 4.52. The number of amides is 4. The second-order valence-electron chi connectivity index (χ2n) is 9.58. The van der Waals surface area contributed by atoms with Gasteiger partial charge in [0, 0.05) is 31.0 Å². The summed E-state index contributed by atoms with van der Waals surface area (Å²) in [6, 6.07) is 2.48. The fourth-order valence-electron chi connectivity index (χ4n) is 5.08. The van der Waals surface area contributed by atoms with Gasteiger partial charge in [-0.2, -0.15) is 5.10 Å². The quantitative estimate of drug-likeness (QED) is 0.362. The fourth-order valence-corrected chi connectivity index (χ4v) is 5.08. The van der Waals surface area contributed by atoms with Gasteiger partial charge in [0.2, 0.25) is 23.2 Å². The van der Waals surface area contributed by atoms with Crippen LogP contribution in [0.5, 0.6) is 0 Å². The Morgan fingerprint density at radius 1 is 1.13 bits per heavy atom. The molecular weight excluding hydrogens is 511 g/mol. The van der Waals surface area contributed by atoms with Gasteiger partial charge >= 0.3 is 6.03 Å². The third-order valence-electron chi connectivity index (χ3n) is 6.68. The molecule has 1 aromatic carbocycles. The molecule has 0 unspecified atom stereocenters. The molecule has 2 atom stereocenters. The highest BCUT2D eigenvalue weighted by molar-refractivity contribution is 6.16. The Morgan fingerprint density at radius 3 is 2.56 bits per heavy atom. The van der Waals surface area contributed by atoms with Crippen molar-refractivity contribution in [3.8, 4) is 17.1 Å². The van der Waals surface area contributed by atoms with E-state index in [2.05, 4.69) is 30.9 Å². The smallest absolute Gasteiger partial charge is 0.328 e. The molecule has 14 heteroatoms. The van der Waals surface area contributed by atoms with E-state index < -0.39 is 29.6 Å². The molecule has 2 aliphatic rings. The summed E-state index contributed by atoms with van der Waals surface area (Å²) in [5.74, 6) is -3.23. The number of carbonyl (C=O) groups excluding carboxylic acids is 3. The van der Waals surface area contributed by atoms with Crippen LogP contribution in [0, 0.1) is 11.7 Å². The molecule has 200 valence electrons. The number of halogens is 1. The van der Waals surface area contributed by atoms with Gasteiger partial charge in [-0.1, -0.05) is 5.16 Å². The molecule has 3 aromatic heterocycles. The number of urea groups is 1. The number of ether oxygens (including phenoxy) is 1. The Labute approximate surface area is 220 Å². The number of imide groups is 2. The maximum atomic E-state index is 16.3. The summed E-state index contributed by atoms with van der Waals surface area (Å²) in [6.07, 6.45) is 5.73. The molecule has 6 rings (SSSR count). The summed E-state index contributed by atoms with van der Waals surface area (Å²) < 4.78 is 29.0. The first-order chi connectivity index (χ1) is 18.8. The van der Waals surface area contributed by atoms with E-state index in [1.807, 2.05) is 18.7 Å². The molecule has 0 radical (unpaired) electrons. The maximum Gasteiger partial charge on any atom is 0.328 e. The molecule has 0 bridgehead atoms. The first-order valence-electron chi connectivity index (χ1n) is 12.3. The van der Waals surface area contributed by atoms with E-state index in [1.54, 1.807) is 30.7 Å². The normalized spacial score (nSPS) is 20.4. The Hall–Kier alpha value is -4.72. The number of anilines is 1. The predicted molar refractivity (Wildman–Crippen MR) is 133 cm³/mol. The van der Waals surface area contributed by atoms with Crippen molar-refractivity contribution in [3.63, 3.8) is 0 Å². The van der Waals surface area contributed by atoms with Crippen molar-refractivity contribution in [2.45, 2.75) is 32.5 Å². The van der Waals surface area contributed by atoms with Gasteiger partial charge in [0.05, 0.1) is 35.2 Å². The van der Waals surface area contributed by atoms with Crippen LogP contribution in [0.1, 0.15) is 19.4 Å². The molecule has 13 nitrogen and oxygen atoms in total. The highest BCUT2D eigenvalue weighted by atomic mass is 19.1. The van der Waals surface area contributed by atoms with Crippen molar-refractivity contribution in [3.05, 3.63) is 48.4 Å². The van der Waals surface area contributed by atoms with E-state index in [-0.39, 0.29) is 35.7 Å². The van der Waals surface area contributed by atoms with Crippen molar-refractivity contribution >= 4 is 34.5 Å².